The number of nitrogens with two attached hydrogens (primary N) is 1. The van der Waals surface area contributed by atoms with E-state index in [0.29, 0.717) is 10.0 Å². The molecule has 0 saturated carbocycles. The number of pyridine rings is 1. The minimum Gasteiger partial charge on any atom is -0.375 e. The van der Waals surface area contributed by atoms with Crippen molar-refractivity contribution in [2.24, 2.45) is 5.73 Å². The van der Waals surface area contributed by atoms with Gasteiger partial charge in [0.05, 0.1) is 16.1 Å². The fourth-order valence-corrected chi connectivity index (χ4v) is 3.09. The van der Waals surface area contributed by atoms with E-state index in [4.69, 9.17) is 33.7 Å². The highest BCUT2D eigenvalue weighted by molar-refractivity contribution is 6.42. The molecule has 0 amide bonds. The van der Waals surface area contributed by atoms with E-state index in [1.807, 2.05) is 48.7 Å². The van der Waals surface area contributed by atoms with Gasteiger partial charge in [-0.05, 0) is 40.5 Å². The van der Waals surface area contributed by atoms with Gasteiger partial charge in [0, 0.05) is 19.5 Å². The fourth-order valence-electron chi connectivity index (χ4n) is 2.78. The normalized spacial score (nSPS) is 13.4. The van der Waals surface area contributed by atoms with E-state index in [2.05, 4.69) is 4.98 Å². The fraction of sp³-hybridized carbons (Fsp3) is 0.150. The molecule has 2 atom stereocenters. The Labute approximate surface area is 157 Å². The van der Waals surface area contributed by atoms with Gasteiger partial charge >= 0.3 is 0 Å². The van der Waals surface area contributed by atoms with Crippen LogP contribution in [0.25, 0.3) is 11.1 Å². The van der Waals surface area contributed by atoms with Crippen LogP contribution in [0.1, 0.15) is 23.3 Å². The van der Waals surface area contributed by atoms with Crippen molar-refractivity contribution in [2.75, 3.05) is 7.11 Å². The highest BCUT2D eigenvalue weighted by atomic mass is 35.5. The number of rotatable bonds is 5. The minimum absolute atomic E-state index is 0.291. The first-order valence-electron chi connectivity index (χ1n) is 7.84. The van der Waals surface area contributed by atoms with Crippen molar-refractivity contribution in [2.45, 2.75) is 12.1 Å². The van der Waals surface area contributed by atoms with Gasteiger partial charge in [-0.25, -0.2) is 0 Å². The second-order valence-electron chi connectivity index (χ2n) is 5.72. The highest BCUT2D eigenvalue weighted by Crippen LogP contribution is 2.33. The molecule has 0 saturated heterocycles. The summed E-state index contributed by atoms with van der Waals surface area (Å²) in [5.74, 6) is 0. The molecule has 0 aliphatic heterocycles. The van der Waals surface area contributed by atoms with E-state index in [1.165, 1.54) is 0 Å². The van der Waals surface area contributed by atoms with Crippen LogP contribution in [0.15, 0.2) is 67.0 Å². The summed E-state index contributed by atoms with van der Waals surface area (Å²) in [6, 6.07) is 17.1. The molecular formula is C20H18Cl2N2O. The van der Waals surface area contributed by atoms with Gasteiger partial charge in [-0.1, -0.05) is 59.6 Å². The molecule has 5 heteroatoms. The number of halogens is 2. The second-order valence-corrected chi connectivity index (χ2v) is 6.53. The first-order chi connectivity index (χ1) is 12.1. The summed E-state index contributed by atoms with van der Waals surface area (Å²) >= 11 is 12.1. The van der Waals surface area contributed by atoms with E-state index >= 15 is 0 Å². The summed E-state index contributed by atoms with van der Waals surface area (Å²) < 4.78 is 5.65. The Balaban J connectivity index is 1.86. The van der Waals surface area contributed by atoms with Crippen LogP contribution < -0.4 is 5.73 Å². The summed E-state index contributed by atoms with van der Waals surface area (Å²) in [5, 5.41) is 0.990. The molecule has 1 heterocycles. The quantitative estimate of drug-likeness (QED) is 0.648. The monoisotopic (exact) mass is 372 g/mol. The van der Waals surface area contributed by atoms with Crippen molar-refractivity contribution < 1.29 is 4.74 Å². The Morgan fingerprint density at radius 3 is 2.24 bits per heavy atom. The zero-order chi connectivity index (χ0) is 17.8. The molecule has 128 valence electrons. The standard InChI is InChI=1S/C20H18Cl2N2O/c1-25-20(19(23)15-8-9-17(21)18(22)11-15)14-6-4-13(5-7-14)16-3-2-10-24-12-16/h2-12,19-20H,23H2,1H3/t19-,20+/m0/s1. The average molecular weight is 373 g/mol. The molecule has 0 unspecified atom stereocenters. The lowest BCUT2D eigenvalue weighted by atomic mass is 9.95. The van der Waals surface area contributed by atoms with E-state index in [1.54, 1.807) is 25.4 Å². The van der Waals surface area contributed by atoms with E-state index in [0.717, 1.165) is 22.3 Å². The summed E-state index contributed by atoms with van der Waals surface area (Å²) in [7, 11) is 1.65. The van der Waals surface area contributed by atoms with Crippen LogP contribution in [0.2, 0.25) is 10.0 Å². The van der Waals surface area contributed by atoms with Gasteiger partial charge in [0.25, 0.3) is 0 Å². The second kappa shape index (κ2) is 7.98. The van der Waals surface area contributed by atoms with Gasteiger partial charge < -0.3 is 10.5 Å². The number of hydrogen-bond donors (Lipinski definition) is 1. The van der Waals surface area contributed by atoms with Crippen molar-refractivity contribution in [3.8, 4) is 11.1 Å². The number of aromatic nitrogens is 1. The van der Waals surface area contributed by atoms with Crippen molar-refractivity contribution in [1.82, 2.24) is 4.98 Å². The van der Waals surface area contributed by atoms with Gasteiger partial charge in [-0.3, -0.25) is 4.98 Å². The van der Waals surface area contributed by atoms with Crippen LogP contribution in [0.3, 0.4) is 0 Å². The molecule has 3 nitrogen and oxygen atoms in total. The van der Waals surface area contributed by atoms with Crippen LogP contribution in [-0.4, -0.2) is 12.1 Å². The first-order valence-corrected chi connectivity index (χ1v) is 8.59. The van der Waals surface area contributed by atoms with E-state index < -0.39 is 0 Å². The predicted octanol–water partition coefficient (Wildman–Crippen LogP) is 5.44. The largest absolute Gasteiger partial charge is 0.375 e. The molecule has 0 fully saturated rings. The third-order valence-electron chi connectivity index (χ3n) is 4.14. The molecule has 3 aromatic rings. The molecule has 0 aliphatic carbocycles. The van der Waals surface area contributed by atoms with Gasteiger partial charge in [0.1, 0.15) is 6.10 Å². The van der Waals surface area contributed by atoms with Crippen LogP contribution >= 0.6 is 23.2 Å². The SMILES string of the molecule is CO[C@H](c1ccc(-c2cccnc2)cc1)[C@@H](N)c1ccc(Cl)c(Cl)c1. The minimum atomic E-state index is -0.357. The number of ether oxygens (including phenoxy) is 1. The third-order valence-corrected chi connectivity index (χ3v) is 4.88. The summed E-state index contributed by atoms with van der Waals surface area (Å²) in [5.41, 5.74) is 10.4. The van der Waals surface area contributed by atoms with Crippen molar-refractivity contribution in [1.29, 1.82) is 0 Å². The van der Waals surface area contributed by atoms with Gasteiger partial charge in [-0.15, -0.1) is 0 Å². The number of methoxy groups -OCH3 is 1. The molecule has 3 rings (SSSR count). The number of benzene rings is 2. The van der Waals surface area contributed by atoms with E-state index in [9.17, 15) is 0 Å². The maximum Gasteiger partial charge on any atom is 0.101 e. The Morgan fingerprint density at radius 2 is 1.64 bits per heavy atom. The smallest absolute Gasteiger partial charge is 0.101 e. The topological polar surface area (TPSA) is 48.1 Å². The Kier molecular flexibility index (Phi) is 5.71. The Morgan fingerprint density at radius 1 is 0.920 bits per heavy atom. The van der Waals surface area contributed by atoms with E-state index in [-0.39, 0.29) is 12.1 Å². The Hall–Kier alpha value is -1.91. The molecule has 0 spiro atoms. The lowest BCUT2D eigenvalue weighted by molar-refractivity contribution is 0.0802. The van der Waals surface area contributed by atoms with Crippen LogP contribution in [0.4, 0.5) is 0 Å². The summed E-state index contributed by atoms with van der Waals surface area (Å²) in [4.78, 5) is 4.15. The zero-order valence-corrected chi connectivity index (χ0v) is 15.2. The molecule has 1 aromatic heterocycles. The van der Waals surface area contributed by atoms with Crippen molar-refractivity contribution in [3.05, 3.63) is 88.2 Å². The van der Waals surface area contributed by atoms with Crippen molar-refractivity contribution in [3.63, 3.8) is 0 Å². The molecule has 2 aromatic carbocycles. The molecular weight excluding hydrogens is 355 g/mol. The first kappa shape index (κ1) is 17.9. The van der Waals surface area contributed by atoms with Crippen molar-refractivity contribution >= 4 is 23.2 Å². The van der Waals surface area contributed by atoms with Crippen LogP contribution in [0.5, 0.6) is 0 Å². The zero-order valence-electron chi connectivity index (χ0n) is 13.7. The van der Waals surface area contributed by atoms with Crippen LogP contribution in [0, 0.1) is 0 Å². The number of hydrogen-bond acceptors (Lipinski definition) is 3. The molecule has 0 bridgehead atoms. The summed E-state index contributed by atoms with van der Waals surface area (Å²) in [6.07, 6.45) is 3.31. The maximum absolute atomic E-state index is 6.41. The summed E-state index contributed by atoms with van der Waals surface area (Å²) in [6.45, 7) is 0. The molecule has 2 N–H and O–H groups in total. The highest BCUT2D eigenvalue weighted by Gasteiger charge is 2.22. The molecule has 0 radical (unpaired) electrons. The van der Waals surface area contributed by atoms with Gasteiger partial charge in [0.15, 0.2) is 0 Å². The number of nitrogens with zero attached hydrogens (tertiary/aromatic N) is 1. The Bertz CT molecular complexity index is 838. The third kappa shape index (κ3) is 4.02. The predicted molar refractivity (Wildman–Crippen MR) is 103 cm³/mol. The van der Waals surface area contributed by atoms with Gasteiger partial charge in [-0.2, -0.15) is 0 Å². The van der Waals surface area contributed by atoms with Gasteiger partial charge in [0.2, 0.25) is 0 Å². The maximum atomic E-state index is 6.41. The average Bonchev–Trinajstić information content (AvgIpc) is 2.66. The molecule has 25 heavy (non-hydrogen) atoms. The lowest BCUT2D eigenvalue weighted by Gasteiger charge is -2.24. The molecule has 0 aliphatic rings. The lowest BCUT2D eigenvalue weighted by Crippen LogP contribution is -2.21. The van der Waals surface area contributed by atoms with Crippen LogP contribution in [-0.2, 0) is 4.74 Å².